The summed E-state index contributed by atoms with van der Waals surface area (Å²) in [5, 5.41) is 1.11. The molecule has 0 aliphatic heterocycles. The van der Waals surface area contributed by atoms with Gasteiger partial charge in [0.2, 0.25) is 6.29 Å². The molecular formula is C13H14Cl2O2. The van der Waals surface area contributed by atoms with Crippen molar-refractivity contribution in [1.29, 1.82) is 0 Å². The Bertz CT molecular complexity index is 415. The average molecular weight is 273 g/mol. The van der Waals surface area contributed by atoms with Crippen LogP contribution in [0.5, 0.6) is 0 Å². The molecular weight excluding hydrogens is 259 g/mol. The summed E-state index contributed by atoms with van der Waals surface area (Å²) >= 11 is 11.8. The molecule has 0 aliphatic carbocycles. The van der Waals surface area contributed by atoms with Crippen molar-refractivity contribution in [1.82, 2.24) is 0 Å². The first-order valence-electron chi connectivity index (χ1n) is 5.37. The van der Waals surface area contributed by atoms with Gasteiger partial charge in [-0.3, -0.25) is 0 Å². The van der Waals surface area contributed by atoms with E-state index in [2.05, 4.69) is 11.8 Å². The minimum Gasteiger partial charge on any atom is -0.342 e. The van der Waals surface area contributed by atoms with Gasteiger partial charge in [-0.1, -0.05) is 29.1 Å². The van der Waals surface area contributed by atoms with Crippen molar-refractivity contribution in [3.8, 4) is 11.8 Å². The lowest BCUT2D eigenvalue weighted by atomic mass is 10.2. The number of benzene rings is 1. The first kappa shape index (κ1) is 14.3. The predicted molar refractivity (Wildman–Crippen MR) is 70.4 cm³/mol. The number of halogens is 2. The molecule has 0 unspecified atom stereocenters. The SMILES string of the molecule is CCOC(C#Cc1ccc(Cl)cc1Cl)OCC. The minimum atomic E-state index is -0.517. The molecule has 1 rings (SSSR count). The first-order valence-corrected chi connectivity index (χ1v) is 6.12. The Morgan fingerprint density at radius 2 is 1.82 bits per heavy atom. The van der Waals surface area contributed by atoms with E-state index < -0.39 is 6.29 Å². The third-order valence-corrected chi connectivity index (χ3v) is 2.44. The molecule has 92 valence electrons. The zero-order chi connectivity index (χ0) is 12.7. The van der Waals surface area contributed by atoms with Crippen LogP contribution in [0.25, 0.3) is 0 Å². The standard InChI is InChI=1S/C13H14Cl2O2/c1-3-16-13(17-4-2)8-6-10-5-7-11(14)9-12(10)15/h5,7,9,13H,3-4H2,1-2H3. The largest absolute Gasteiger partial charge is 0.342 e. The Hall–Kier alpha value is -0.720. The topological polar surface area (TPSA) is 18.5 Å². The summed E-state index contributed by atoms with van der Waals surface area (Å²) in [7, 11) is 0. The monoisotopic (exact) mass is 272 g/mol. The van der Waals surface area contributed by atoms with Gasteiger partial charge in [-0.05, 0) is 38.0 Å². The van der Waals surface area contributed by atoms with E-state index in [0.29, 0.717) is 28.8 Å². The van der Waals surface area contributed by atoms with Crippen LogP contribution in [0, 0.1) is 11.8 Å². The number of ether oxygens (including phenoxy) is 2. The van der Waals surface area contributed by atoms with E-state index in [1.807, 2.05) is 13.8 Å². The van der Waals surface area contributed by atoms with E-state index in [4.69, 9.17) is 32.7 Å². The van der Waals surface area contributed by atoms with E-state index in [1.54, 1.807) is 18.2 Å². The molecule has 0 atom stereocenters. The highest BCUT2D eigenvalue weighted by molar-refractivity contribution is 6.35. The second-order valence-corrected chi connectivity index (χ2v) is 3.98. The van der Waals surface area contributed by atoms with Crippen LogP contribution in [0.3, 0.4) is 0 Å². The van der Waals surface area contributed by atoms with Crippen molar-refractivity contribution < 1.29 is 9.47 Å². The predicted octanol–water partition coefficient (Wildman–Crippen LogP) is 3.74. The van der Waals surface area contributed by atoms with Crippen molar-refractivity contribution in [2.75, 3.05) is 13.2 Å². The smallest absolute Gasteiger partial charge is 0.222 e. The van der Waals surface area contributed by atoms with Gasteiger partial charge in [0.1, 0.15) is 0 Å². The van der Waals surface area contributed by atoms with Gasteiger partial charge in [0.05, 0.1) is 5.02 Å². The maximum absolute atomic E-state index is 6.00. The van der Waals surface area contributed by atoms with Gasteiger partial charge in [-0.15, -0.1) is 0 Å². The molecule has 0 aliphatic rings. The maximum Gasteiger partial charge on any atom is 0.222 e. The molecule has 4 heteroatoms. The summed E-state index contributed by atoms with van der Waals surface area (Å²) in [6.07, 6.45) is -0.517. The number of hydrogen-bond acceptors (Lipinski definition) is 2. The van der Waals surface area contributed by atoms with Crippen molar-refractivity contribution in [3.63, 3.8) is 0 Å². The van der Waals surface area contributed by atoms with E-state index in [0.717, 1.165) is 0 Å². The van der Waals surface area contributed by atoms with Gasteiger partial charge >= 0.3 is 0 Å². The fraction of sp³-hybridized carbons (Fsp3) is 0.385. The van der Waals surface area contributed by atoms with Crippen LogP contribution in [-0.2, 0) is 9.47 Å². The summed E-state index contributed by atoms with van der Waals surface area (Å²) in [4.78, 5) is 0. The highest BCUT2D eigenvalue weighted by Crippen LogP contribution is 2.19. The zero-order valence-corrected chi connectivity index (χ0v) is 11.3. The van der Waals surface area contributed by atoms with Gasteiger partial charge in [0.25, 0.3) is 0 Å². The van der Waals surface area contributed by atoms with E-state index >= 15 is 0 Å². The Kier molecular flexibility index (Phi) is 6.39. The molecule has 0 aromatic heterocycles. The number of hydrogen-bond donors (Lipinski definition) is 0. The molecule has 0 N–H and O–H groups in total. The number of rotatable bonds is 4. The molecule has 0 amide bonds. The normalized spacial score (nSPS) is 10.2. The second-order valence-electron chi connectivity index (χ2n) is 3.14. The Morgan fingerprint density at radius 3 is 2.35 bits per heavy atom. The zero-order valence-electron chi connectivity index (χ0n) is 9.80. The first-order chi connectivity index (χ1) is 8.17. The molecule has 17 heavy (non-hydrogen) atoms. The Labute approximate surface area is 112 Å². The van der Waals surface area contributed by atoms with Crippen LogP contribution < -0.4 is 0 Å². The van der Waals surface area contributed by atoms with Crippen molar-refractivity contribution in [2.24, 2.45) is 0 Å². The molecule has 0 bridgehead atoms. The molecule has 0 heterocycles. The lowest BCUT2D eigenvalue weighted by Crippen LogP contribution is -2.14. The van der Waals surface area contributed by atoms with Crippen LogP contribution in [0.1, 0.15) is 19.4 Å². The fourth-order valence-corrected chi connectivity index (χ4v) is 1.62. The summed E-state index contributed by atoms with van der Waals surface area (Å²) in [6, 6.07) is 5.17. The van der Waals surface area contributed by atoms with Gasteiger partial charge < -0.3 is 9.47 Å². The average Bonchev–Trinajstić information content (AvgIpc) is 2.28. The molecule has 0 saturated heterocycles. The van der Waals surface area contributed by atoms with E-state index in [1.165, 1.54) is 0 Å². The van der Waals surface area contributed by atoms with Crippen LogP contribution in [0.2, 0.25) is 10.0 Å². The van der Waals surface area contributed by atoms with Crippen LogP contribution in [0.15, 0.2) is 18.2 Å². The molecule has 0 fully saturated rings. The molecule has 2 nitrogen and oxygen atoms in total. The second kappa shape index (κ2) is 7.58. The highest BCUT2D eigenvalue weighted by Gasteiger charge is 2.03. The lowest BCUT2D eigenvalue weighted by Gasteiger charge is -2.09. The third kappa shape index (κ3) is 4.97. The Morgan fingerprint density at radius 1 is 1.18 bits per heavy atom. The summed E-state index contributed by atoms with van der Waals surface area (Å²) in [5.41, 5.74) is 0.709. The van der Waals surface area contributed by atoms with Crippen molar-refractivity contribution in [2.45, 2.75) is 20.1 Å². The van der Waals surface area contributed by atoms with Crippen LogP contribution in [0.4, 0.5) is 0 Å². The lowest BCUT2D eigenvalue weighted by molar-refractivity contribution is -0.0969. The van der Waals surface area contributed by atoms with E-state index in [-0.39, 0.29) is 0 Å². The van der Waals surface area contributed by atoms with Crippen LogP contribution in [-0.4, -0.2) is 19.5 Å². The molecule has 0 spiro atoms. The Balaban J connectivity index is 2.80. The summed E-state index contributed by atoms with van der Waals surface area (Å²) in [6.45, 7) is 4.88. The minimum absolute atomic E-state index is 0.517. The molecule has 0 radical (unpaired) electrons. The summed E-state index contributed by atoms with van der Waals surface area (Å²) in [5.74, 6) is 5.80. The van der Waals surface area contributed by atoms with Gasteiger partial charge in [0.15, 0.2) is 0 Å². The molecule has 1 aromatic carbocycles. The van der Waals surface area contributed by atoms with Gasteiger partial charge in [0, 0.05) is 23.8 Å². The maximum atomic E-state index is 6.00. The van der Waals surface area contributed by atoms with Gasteiger partial charge in [-0.2, -0.15) is 0 Å². The molecule has 0 saturated carbocycles. The van der Waals surface area contributed by atoms with Crippen molar-refractivity contribution >= 4 is 23.2 Å². The fourth-order valence-electron chi connectivity index (χ4n) is 1.16. The highest BCUT2D eigenvalue weighted by atomic mass is 35.5. The summed E-state index contributed by atoms with van der Waals surface area (Å²) < 4.78 is 10.6. The van der Waals surface area contributed by atoms with Crippen molar-refractivity contribution in [3.05, 3.63) is 33.8 Å². The van der Waals surface area contributed by atoms with Crippen LogP contribution >= 0.6 is 23.2 Å². The quantitative estimate of drug-likeness (QED) is 0.614. The van der Waals surface area contributed by atoms with E-state index in [9.17, 15) is 0 Å². The molecule has 1 aromatic rings. The van der Waals surface area contributed by atoms with Gasteiger partial charge in [-0.25, -0.2) is 0 Å². The third-order valence-electron chi connectivity index (χ3n) is 1.89.